The summed E-state index contributed by atoms with van der Waals surface area (Å²) in [5.41, 5.74) is 1.76. The molecule has 1 saturated heterocycles. The zero-order valence-corrected chi connectivity index (χ0v) is 12.3. The van der Waals surface area contributed by atoms with Crippen molar-refractivity contribution in [2.45, 2.75) is 6.92 Å². The van der Waals surface area contributed by atoms with E-state index in [0.29, 0.717) is 18.7 Å². The molecular weight excluding hydrogens is 278 g/mol. The molecule has 0 bridgehead atoms. The molecule has 0 radical (unpaired) electrons. The van der Waals surface area contributed by atoms with Crippen LogP contribution < -0.4 is 16.0 Å². The Balaban J connectivity index is 0.00000200. The topological polar surface area (TPSA) is 70.2 Å². The SMILES string of the molecule is Cc1ccc(C(=O)NCCNC(=O)C2CNC2)cc1.Cl. The highest BCUT2D eigenvalue weighted by Crippen LogP contribution is 2.03. The van der Waals surface area contributed by atoms with Gasteiger partial charge in [-0.05, 0) is 19.1 Å². The number of carbonyl (C=O) groups is 2. The highest BCUT2D eigenvalue weighted by atomic mass is 35.5. The lowest BCUT2D eigenvalue weighted by Gasteiger charge is -2.25. The van der Waals surface area contributed by atoms with E-state index in [-0.39, 0.29) is 30.1 Å². The van der Waals surface area contributed by atoms with Gasteiger partial charge in [-0.15, -0.1) is 12.4 Å². The lowest BCUT2D eigenvalue weighted by Crippen LogP contribution is -2.51. The molecular formula is C14H20ClN3O2. The zero-order chi connectivity index (χ0) is 13.7. The van der Waals surface area contributed by atoms with Crippen LogP contribution in [-0.4, -0.2) is 38.0 Å². The van der Waals surface area contributed by atoms with Gasteiger partial charge in [0.15, 0.2) is 0 Å². The number of rotatable bonds is 5. The number of hydrogen-bond acceptors (Lipinski definition) is 3. The van der Waals surface area contributed by atoms with Crippen LogP contribution >= 0.6 is 12.4 Å². The van der Waals surface area contributed by atoms with Gasteiger partial charge in [0.1, 0.15) is 0 Å². The fourth-order valence-corrected chi connectivity index (χ4v) is 1.79. The fourth-order valence-electron chi connectivity index (χ4n) is 1.79. The maximum atomic E-state index is 11.8. The highest BCUT2D eigenvalue weighted by molar-refractivity contribution is 5.94. The second kappa shape index (κ2) is 7.87. The van der Waals surface area contributed by atoms with Gasteiger partial charge in [-0.1, -0.05) is 17.7 Å². The number of carbonyl (C=O) groups excluding carboxylic acids is 2. The van der Waals surface area contributed by atoms with Crippen molar-refractivity contribution in [2.75, 3.05) is 26.2 Å². The van der Waals surface area contributed by atoms with Gasteiger partial charge < -0.3 is 16.0 Å². The van der Waals surface area contributed by atoms with Crippen molar-refractivity contribution in [2.24, 2.45) is 5.92 Å². The molecule has 0 spiro atoms. The number of halogens is 1. The van der Waals surface area contributed by atoms with Crippen molar-refractivity contribution in [1.82, 2.24) is 16.0 Å². The average Bonchev–Trinajstić information content (AvgIpc) is 2.33. The molecule has 0 saturated carbocycles. The average molecular weight is 298 g/mol. The van der Waals surface area contributed by atoms with Gasteiger partial charge in [0, 0.05) is 31.7 Å². The molecule has 1 heterocycles. The second-order valence-corrected chi connectivity index (χ2v) is 4.77. The molecule has 0 atom stereocenters. The van der Waals surface area contributed by atoms with Gasteiger partial charge in [0.25, 0.3) is 5.91 Å². The normalized spacial score (nSPS) is 13.8. The monoisotopic (exact) mass is 297 g/mol. The van der Waals surface area contributed by atoms with Gasteiger partial charge >= 0.3 is 0 Å². The van der Waals surface area contributed by atoms with E-state index in [9.17, 15) is 9.59 Å². The summed E-state index contributed by atoms with van der Waals surface area (Å²) >= 11 is 0. The van der Waals surface area contributed by atoms with E-state index in [4.69, 9.17) is 0 Å². The molecule has 2 amide bonds. The lowest BCUT2D eigenvalue weighted by atomic mass is 10.0. The highest BCUT2D eigenvalue weighted by Gasteiger charge is 2.24. The van der Waals surface area contributed by atoms with Gasteiger partial charge in [-0.2, -0.15) is 0 Å². The van der Waals surface area contributed by atoms with Crippen LogP contribution in [0.4, 0.5) is 0 Å². The van der Waals surface area contributed by atoms with Crippen molar-refractivity contribution < 1.29 is 9.59 Å². The van der Waals surface area contributed by atoms with E-state index >= 15 is 0 Å². The number of hydrogen-bond donors (Lipinski definition) is 3. The van der Waals surface area contributed by atoms with Crippen LogP contribution in [0, 0.1) is 12.8 Å². The first-order valence-corrected chi connectivity index (χ1v) is 6.50. The minimum Gasteiger partial charge on any atom is -0.354 e. The third-order valence-electron chi connectivity index (χ3n) is 3.18. The Morgan fingerprint density at radius 2 is 1.75 bits per heavy atom. The minimum atomic E-state index is -0.112. The molecule has 5 nitrogen and oxygen atoms in total. The van der Waals surface area contributed by atoms with E-state index in [1.165, 1.54) is 0 Å². The third-order valence-corrected chi connectivity index (χ3v) is 3.18. The Morgan fingerprint density at radius 3 is 2.30 bits per heavy atom. The molecule has 0 unspecified atom stereocenters. The van der Waals surface area contributed by atoms with Crippen LogP contribution in [0.2, 0.25) is 0 Å². The molecule has 0 aliphatic carbocycles. The number of benzene rings is 1. The summed E-state index contributed by atoms with van der Waals surface area (Å²) in [5, 5.41) is 8.63. The molecule has 1 aliphatic heterocycles. The Bertz CT molecular complexity index is 458. The summed E-state index contributed by atoms with van der Waals surface area (Å²) in [7, 11) is 0. The summed E-state index contributed by atoms with van der Waals surface area (Å²) in [5.74, 6) is 0.0377. The molecule has 1 aliphatic rings. The Hall–Kier alpha value is -1.59. The van der Waals surface area contributed by atoms with E-state index < -0.39 is 0 Å². The first-order valence-electron chi connectivity index (χ1n) is 6.50. The molecule has 3 N–H and O–H groups in total. The summed E-state index contributed by atoms with van der Waals surface area (Å²) in [6.07, 6.45) is 0. The van der Waals surface area contributed by atoms with Crippen molar-refractivity contribution >= 4 is 24.2 Å². The number of aryl methyl sites for hydroxylation is 1. The van der Waals surface area contributed by atoms with Crippen LogP contribution in [0.3, 0.4) is 0 Å². The van der Waals surface area contributed by atoms with E-state index in [1.807, 2.05) is 19.1 Å². The van der Waals surface area contributed by atoms with Gasteiger partial charge in [0.05, 0.1) is 5.92 Å². The predicted octanol–water partition coefficient (Wildman–Crippen LogP) is 0.482. The molecule has 2 rings (SSSR count). The van der Waals surface area contributed by atoms with Crippen LogP contribution in [-0.2, 0) is 4.79 Å². The first-order chi connectivity index (χ1) is 9.16. The predicted molar refractivity (Wildman–Crippen MR) is 80.1 cm³/mol. The molecule has 1 aromatic carbocycles. The summed E-state index contributed by atoms with van der Waals surface area (Å²) in [4.78, 5) is 23.3. The molecule has 6 heteroatoms. The van der Waals surface area contributed by atoms with Crippen molar-refractivity contribution in [3.63, 3.8) is 0 Å². The molecule has 1 fully saturated rings. The quantitative estimate of drug-likeness (QED) is 0.693. The van der Waals surface area contributed by atoms with Gasteiger partial charge in [0.2, 0.25) is 5.91 Å². The van der Waals surface area contributed by atoms with E-state index in [1.54, 1.807) is 12.1 Å². The standard InChI is InChI=1S/C14H19N3O2.ClH/c1-10-2-4-11(5-3-10)13(18)16-6-7-17-14(19)12-8-15-9-12;/h2-5,12,15H,6-9H2,1H3,(H,16,18)(H,17,19);1H. The molecule has 1 aromatic rings. The maximum absolute atomic E-state index is 11.8. The molecule has 20 heavy (non-hydrogen) atoms. The Labute approximate surface area is 124 Å². The zero-order valence-electron chi connectivity index (χ0n) is 11.4. The van der Waals surface area contributed by atoms with Crippen molar-refractivity contribution in [3.05, 3.63) is 35.4 Å². The smallest absolute Gasteiger partial charge is 0.251 e. The lowest BCUT2D eigenvalue weighted by molar-refractivity contribution is -0.126. The third kappa shape index (κ3) is 4.51. The Kier molecular flexibility index (Phi) is 6.48. The van der Waals surface area contributed by atoms with Crippen LogP contribution in [0.25, 0.3) is 0 Å². The van der Waals surface area contributed by atoms with Gasteiger partial charge in [-0.3, -0.25) is 9.59 Å². The molecule has 0 aromatic heterocycles. The van der Waals surface area contributed by atoms with Crippen molar-refractivity contribution in [3.8, 4) is 0 Å². The Morgan fingerprint density at radius 1 is 1.15 bits per heavy atom. The van der Waals surface area contributed by atoms with Crippen molar-refractivity contribution in [1.29, 1.82) is 0 Å². The van der Waals surface area contributed by atoms with Crippen LogP contribution in [0.15, 0.2) is 24.3 Å². The summed E-state index contributed by atoms with van der Waals surface area (Å²) in [6, 6.07) is 7.40. The van der Waals surface area contributed by atoms with E-state index in [2.05, 4.69) is 16.0 Å². The summed E-state index contributed by atoms with van der Waals surface area (Å²) < 4.78 is 0. The number of nitrogens with one attached hydrogen (secondary N) is 3. The minimum absolute atomic E-state index is 0. The van der Waals surface area contributed by atoms with Crippen LogP contribution in [0.1, 0.15) is 15.9 Å². The molecule has 110 valence electrons. The van der Waals surface area contributed by atoms with Crippen LogP contribution in [0.5, 0.6) is 0 Å². The maximum Gasteiger partial charge on any atom is 0.251 e. The summed E-state index contributed by atoms with van der Waals surface area (Å²) in [6.45, 7) is 4.39. The second-order valence-electron chi connectivity index (χ2n) is 4.77. The van der Waals surface area contributed by atoms with E-state index in [0.717, 1.165) is 18.7 Å². The van der Waals surface area contributed by atoms with Gasteiger partial charge in [-0.25, -0.2) is 0 Å². The number of amides is 2. The first kappa shape index (κ1) is 16.5. The largest absolute Gasteiger partial charge is 0.354 e. The fraction of sp³-hybridized carbons (Fsp3) is 0.429.